The van der Waals surface area contributed by atoms with Crippen LogP contribution in [0, 0.1) is 0 Å². The average Bonchev–Trinajstić information content (AvgIpc) is 3.79. The fourth-order valence-electron chi connectivity index (χ4n) is 9.73. The molecule has 2 aromatic heterocycles. The van der Waals surface area contributed by atoms with Crippen LogP contribution in [0.25, 0.3) is 100 Å². The number of fused-ring (bicyclic) bond motifs is 4. The second-order valence-electron chi connectivity index (χ2n) is 17.5. The van der Waals surface area contributed by atoms with Gasteiger partial charge in [-0.3, -0.25) is 0 Å². The zero-order valence-corrected chi connectivity index (χ0v) is 38.0. The van der Waals surface area contributed by atoms with Gasteiger partial charge in [0.15, 0.2) is 5.82 Å². The van der Waals surface area contributed by atoms with Crippen molar-refractivity contribution in [1.29, 1.82) is 0 Å². The Morgan fingerprint density at radius 2 is 0.913 bits per heavy atom. The Hall–Kier alpha value is -9.12. The summed E-state index contributed by atoms with van der Waals surface area (Å²) in [6, 6.07) is 82.1. The molecule has 9 aromatic carbocycles. The number of allylic oxidation sites excluding steroid dienone is 4. The number of hydrogen-bond donors (Lipinski definition) is 0. The van der Waals surface area contributed by atoms with Gasteiger partial charge in [0.05, 0.1) is 22.4 Å². The van der Waals surface area contributed by atoms with Crippen molar-refractivity contribution in [3.8, 4) is 73.0 Å². The van der Waals surface area contributed by atoms with E-state index in [1.807, 2.05) is 24.3 Å². The SMILES string of the molecule is C=C1/C=C\C=C/CN(c2ccccc2)c2ccc(-c3ccc4c(c3)c3ccccc3n4-c3cccc(-c4cccc(-c5cccc(-c6cc(-c7ccccc7)nc(-c7ccccc7)n6)c5)c4)c3)cc21. The van der Waals surface area contributed by atoms with Crippen molar-refractivity contribution >= 4 is 38.8 Å². The van der Waals surface area contributed by atoms with E-state index in [1.54, 1.807) is 0 Å². The lowest BCUT2D eigenvalue weighted by molar-refractivity contribution is 1.09. The Bertz CT molecular complexity index is 3710. The minimum Gasteiger partial charge on any atom is -0.337 e. The third kappa shape index (κ3) is 8.04. The Balaban J connectivity index is 0.892. The largest absolute Gasteiger partial charge is 0.337 e. The maximum Gasteiger partial charge on any atom is 0.160 e. The molecule has 0 N–H and O–H groups in total. The highest BCUT2D eigenvalue weighted by Gasteiger charge is 2.19. The first-order valence-electron chi connectivity index (χ1n) is 23.5. The molecule has 1 aliphatic rings. The van der Waals surface area contributed by atoms with Gasteiger partial charge >= 0.3 is 0 Å². The highest BCUT2D eigenvalue weighted by molar-refractivity contribution is 6.10. The van der Waals surface area contributed by atoms with Crippen LogP contribution in [0.15, 0.2) is 261 Å². The first kappa shape index (κ1) is 41.3. The molecule has 0 spiro atoms. The molecule has 0 unspecified atom stereocenters. The molecule has 69 heavy (non-hydrogen) atoms. The Kier molecular flexibility index (Phi) is 10.7. The lowest BCUT2D eigenvalue weighted by Crippen LogP contribution is -2.18. The number of hydrogen-bond acceptors (Lipinski definition) is 3. The Labute approximate surface area is 402 Å². The van der Waals surface area contributed by atoms with E-state index in [1.165, 1.54) is 16.3 Å². The summed E-state index contributed by atoms with van der Waals surface area (Å²) in [7, 11) is 0. The van der Waals surface area contributed by atoms with Gasteiger partial charge in [-0.2, -0.15) is 0 Å². The fraction of sp³-hybridized carbons (Fsp3) is 0.0154. The normalized spacial score (nSPS) is 13.4. The molecule has 4 heteroatoms. The number of nitrogens with zero attached hydrogens (tertiary/aromatic N) is 4. The minimum atomic E-state index is 0.705. The molecule has 0 fully saturated rings. The van der Waals surface area contributed by atoms with Gasteiger partial charge in [-0.25, -0.2) is 9.97 Å². The van der Waals surface area contributed by atoms with Crippen LogP contribution in [0.2, 0.25) is 0 Å². The third-order valence-electron chi connectivity index (χ3n) is 13.2. The maximum atomic E-state index is 5.11. The van der Waals surface area contributed by atoms with Crippen molar-refractivity contribution in [2.45, 2.75) is 0 Å². The molecule has 0 radical (unpaired) electrons. The minimum absolute atomic E-state index is 0.705. The van der Waals surface area contributed by atoms with Gasteiger partial charge in [0, 0.05) is 56.6 Å². The number of para-hydroxylation sites is 2. The van der Waals surface area contributed by atoms with E-state index in [-0.39, 0.29) is 0 Å². The third-order valence-corrected chi connectivity index (χ3v) is 13.2. The van der Waals surface area contributed by atoms with E-state index in [0.29, 0.717) is 5.82 Å². The van der Waals surface area contributed by atoms with Crippen LogP contribution in [0.4, 0.5) is 11.4 Å². The van der Waals surface area contributed by atoms with Crippen LogP contribution >= 0.6 is 0 Å². The molecule has 326 valence electrons. The van der Waals surface area contributed by atoms with E-state index >= 15 is 0 Å². The predicted molar refractivity (Wildman–Crippen MR) is 290 cm³/mol. The molecule has 4 nitrogen and oxygen atoms in total. The Morgan fingerprint density at radius 3 is 1.67 bits per heavy atom. The highest BCUT2D eigenvalue weighted by atomic mass is 15.1. The summed E-state index contributed by atoms with van der Waals surface area (Å²) in [5.41, 5.74) is 19.6. The van der Waals surface area contributed by atoms with Crippen LogP contribution in [-0.2, 0) is 0 Å². The first-order valence-corrected chi connectivity index (χ1v) is 23.5. The summed E-state index contributed by atoms with van der Waals surface area (Å²) in [6.07, 6.45) is 8.50. The van der Waals surface area contributed by atoms with Crippen molar-refractivity contribution in [3.63, 3.8) is 0 Å². The summed E-state index contributed by atoms with van der Waals surface area (Å²) < 4.78 is 2.40. The quantitative estimate of drug-likeness (QED) is 0.152. The van der Waals surface area contributed by atoms with Crippen molar-refractivity contribution in [2.75, 3.05) is 11.4 Å². The molecular weight excluding hydrogens is 837 g/mol. The molecule has 0 amide bonds. The Morgan fingerprint density at radius 1 is 0.377 bits per heavy atom. The topological polar surface area (TPSA) is 34.0 Å². The highest BCUT2D eigenvalue weighted by Crippen LogP contribution is 2.40. The summed E-state index contributed by atoms with van der Waals surface area (Å²) in [6.45, 7) is 5.28. The molecule has 3 heterocycles. The van der Waals surface area contributed by atoms with Gasteiger partial charge in [0.25, 0.3) is 0 Å². The van der Waals surface area contributed by atoms with Gasteiger partial charge in [-0.15, -0.1) is 0 Å². The lowest BCUT2D eigenvalue weighted by atomic mass is 9.96. The van der Waals surface area contributed by atoms with Crippen molar-refractivity contribution in [1.82, 2.24) is 14.5 Å². The van der Waals surface area contributed by atoms with E-state index in [4.69, 9.17) is 9.97 Å². The number of rotatable bonds is 8. The number of benzene rings is 9. The van der Waals surface area contributed by atoms with Crippen LogP contribution in [0.3, 0.4) is 0 Å². The van der Waals surface area contributed by atoms with Gasteiger partial charge < -0.3 is 9.47 Å². The summed E-state index contributed by atoms with van der Waals surface area (Å²) in [5.74, 6) is 0.705. The van der Waals surface area contributed by atoms with Gasteiger partial charge in [0.1, 0.15) is 0 Å². The van der Waals surface area contributed by atoms with Crippen molar-refractivity contribution in [3.05, 3.63) is 267 Å². The average molecular weight is 883 g/mol. The molecule has 0 atom stereocenters. The van der Waals surface area contributed by atoms with Crippen LogP contribution in [-0.4, -0.2) is 21.1 Å². The summed E-state index contributed by atoms with van der Waals surface area (Å²) >= 11 is 0. The molecular formula is C65H46N4. The summed E-state index contributed by atoms with van der Waals surface area (Å²) in [4.78, 5) is 12.5. The zero-order chi connectivity index (χ0) is 46.1. The van der Waals surface area contributed by atoms with Crippen LogP contribution in [0.5, 0.6) is 0 Å². The number of anilines is 2. The van der Waals surface area contributed by atoms with Gasteiger partial charge in [-0.1, -0.05) is 189 Å². The maximum absolute atomic E-state index is 5.11. The molecule has 11 aromatic rings. The summed E-state index contributed by atoms with van der Waals surface area (Å²) in [5, 5.41) is 2.43. The molecule has 0 aliphatic carbocycles. The van der Waals surface area contributed by atoms with E-state index < -0.39 is 0 Å². The zero-order valence-electron chi connectivity index (χ0n) is 38.0. The van der Waals surface area contributed by atoms with Crippen LogP contribution in [0.1, 0.15) is 5.56 Å². The second kappa shape index (κ2) is 17.9. The molecule has 12 rings (SSSR count). The van der Waals surface area contributed by atoms with Crippen LogP contribution < -0.4 is 4.90 Å². The first-order chi connectivity index (χ1) is 34.1. The number of aromatic nitrogens is 3. The molecule has 0 saturated carbocycles. The lowest BCUT2D eigenvalue weighted by Gasteiger charge is -2.27. The van der Waals surface area contributed by atoms with E-state index in [2.05, 4.69) is 247 Å². The fourth-order valence-corrected chi connectivity index (χ4v) is 9.73. The molecule has 0 saturated heterocycles. The smallest absolute Gasteiger partial charge is 0.160 e. The van der Waals surface area contributed by atoms with Crippen molar-refractivity contribution < 1.29 is 0 Å². The van der Waals surface area contributed by atoms with Gasteiger partial charge in [0.2, 0.25) is 0 Å². The van der Waals surface area contributed by atoms with E-state index in [0.717, 1.165) is 102 Å². The predicted octanol–water partition coefficient (Wildman–Crippen LogP) is 16.9. The molecule has 1 aliphatic heterocycles. The standard InChI is InChI=1S/C65H46N4/c1-45-19-6-5-15-38-68(55-29-11-4-12-30-55)62-36-34-52(42-58(45)62)53-35-37-64-59(43-53)57-32-13-14-33-63(57)69(64)56-31-18-27-51(41-56)49-25-16-24-48(39-49)50-26-17-28-54(40-50)61-44-60(46-20-7-2-8-21-46)66-65(67-61)47-22-9-3-10-23-47/h2-37,39-44H,1,38H2/b15-5-,19-6-. The van der Waals surface area contributed by atoms with E-state index in [9.17, 15) is 0 Å². The second-order valence-corrected chi connectivity index (χ2v) is 17.5. The monoisotopic (exact) mass is 882 g/mol. The van der Waals surface area contributed by atoms with Crippen molar-refractivity contribution in [2.24, 2.45) is 0 Å². The van der Waals surface area contributed by atoms with Gasteiger partial charge in [-0.05, 0) is 112 Å². The molecule has 0 bridgehead atoms.